The van der Waals surface area contributed by atoms with Crippen molar-refractivity contribution in [2.45, 2.75) is 6.61 Å². The summed E-state index contributed by atoms with van der Waals surface area (Å²) in [6, 6.07) is 22.9. The molecule has 0 spiro atoms. The van der Waals surface area contributed by atoms with Crippen LogP contribution in [0.15, 0.2) is 85.1 Å². The van der Waals surface area contributed by atoms with Gasteiger partial charge in [0.15, 0.2) is 0 Å². The van der Waals surface area contributed by atoms with Gasteiger partial charge in [-0.1, -0.05) is 30.3 Å². The van der Waals surface area contributed by atoms with Crippen LogP contribution < -0.4 is 15.4 Å². The first-order valence-corrected chi connectivity index (χ1v) is 12.9. The quantitative estimate of drug-likeness (QED) is 0.310. The van der Waals surface area contributed by atoms with Gasteiger partial charge in [0.2, 0.25) is 5.95 Å². The predicted octanol–water partition coefficient (Wildman–Crippen LogP) is 4.67. The van der Waals surface area contributed by atoms with Gasteiger partial charge in [-0.2, -0.15) is 0 Å². The van der Waals surface area contributed by atoms with E-state index < -0.39 is 0 Å². The summed E-state index contributed by atoms with van der Waals surface area (Å²) in [6.45, 7) is 4.95. The SMILES string of the molecule is O=C(NCCN1CCOCC1)c1ccc(Nc2nccc(-c3ccc(F)cc3OCc3ccccc3)n2)cc1. The fraction of sp³-hybridized carbons (Fsp3) is 0.233. The Morgan fingerprint density at radius 1 is 1.00 bits per heavy atom. The second-order valence-electron chi connectivity index (χ2n) is 9.09. The molecule has 4 aromatic rings. The van der Waals surface area contributed by atoms with E-state index in [-0.39, 0.29) is 11.7 Å². The van der Waals surface area contributed by atoms with Gasteiger partial charge in [0.05, 0.1) is 18.9 Å². The van der Waals surface area contributed by atoms with Crippen LogP contribution in [0.25, 0.3) is 11.3 Å². The van der Waals surface area contributed by atoms with Gasteiger partial charge >= 0.3 is 0 Å². The molecule has 0 unspecified atom stereocenters. The molecule has 9 heteroatoms. The van der Waals surface area contributed by atoms with Crippen LogP contribution in [-0.2, 0) is 11.3 Å². The Bertz CT molecular complexity index is 1380. The summed E-state index contributed by atoms with van der Waals surface area (Å²) in [5, 5.41) is 6.13. The van der Waals surface area contributed by atoms with Crippen molar-refractivity contribution in [2.24, 2.45) is 0 Å². The highest BCUT2D eigenvalue weighted by Gasteiger charge is 2.13. The standard InChI is InChI=1S/C30H30FN5O3/c31-24-8-11-26(28(20-24)39-21-22-4-2-1-3-5-22)27-12-13-33-30(35-27)34-25-9-6-23(7-10-25)29(37)32-14-15-36-16-18-38-19-17-36/h1-13,20H,14-19,21H2,(H,32,37)(H,33,34,35). The van der Waals surface area contributed by atoms with Crippen molar-refractivity contribution in [1.29, 1.82) is 0 Å². The topological polar surface area (TPSA) is 88.6 Å². The summed E-state index contributed by atoms with van der Waals surface area (Å²) in [5.41, 5.74) is 3.53. The molecule has 2 heterocycles. The molecule has 1 saturated heterocycles. The molecule has 0 aliphatic carbocycles. The first kappa shape index (κ1) is 26.3. The summed E-state index contributed by atoms with van der Waals surface area (Å²) >= 11 is 0. The molecule has 0 atom stereocenters. The summed E-state index contributed by atoms with van der Waals surface area (Å²) in [6.07, 6.45) is 1.63. The van der Waals surface area contributed by atoms with Crippen LogP contribution in [0.2, 0.25) is 0 Å². The van der Waals surface area contributed by atoms with Gasteiger partial charge in [0.25, 0.3) is 5.91 Å². The Labute approximate surface area is 226 Å². The second-order valence-corrected chi connectivity index (χ2v) is 9.09. The zero-order valence-corrected chi connectivity index (χ0v) is 21.5. The lowest BCUT2D eigenvalue weighted by atomic mass is 10.1. The van der Waals surface area contributed by atoms with Gasteiger partial charge in [-0.3, -0.25) is 9.69 Å². The number of carbonyl (C=O) groups excluding carboxylic acids is 1. The van der Waals surface area contributed by atoms with Crippen LogP contribution in [0.4, 0.5) is 16.0 Å². The maximum Gasteiger partial charge on any atom is 0.251 e. The molecular weight excluding hydrogens is 497 g/mol. The molecule has 2 N–H and O–H groups in total. The number of amides is 1. The number of anilines is 2. The minimum absolute atomic E-state index is 0.118. The molecule has 1 aromatic heterocycles. The van der Waals surface area contributed by atoms with Crippen molar-refractivity contribution in [1.82, 2.24) is 20.2 Å². The Morgan fingerprint density at radius 2 is 1.79 bits per heavy atom. The van der Waals surface area contributed by atoms with E-state index in [1.165, 1.54) is 12.1 Å². The molecule has 1 amide bonds. The number of morpholine rings is 1. The number of aromatic nitrogens is 2. The maximum atomic E-state index is 14.0. The van der Waals surface area contributed by atoms with Gasteiger partial charge in [-0.15, -0.1) is 0 Å². The summed E-state index contributed by atoms with van der Waals surface area (Å²) in [5.74, 6) is 0.257. The molecule has 1 fully saturated rings. The number of rotatable bonds is 10. The Morgan fingerprint density at radius 3 is 2.59 bits per heavy atom. The third-order valence-corrected chi connectivity index (χ3v) is 6.33. The molecule has 1 aliphatic rings. The second kappa shape index (κ2) is 12.9. The third-order valence-electron chi connectivity index (χ3n) is 6.33. The van der Waals surface area contributed by atoms with Crippen LogP contribution in [0.5, 0.6) is 5.75 Å². The van der Waals surface area contributed by atoms with E-state index in [1.807, 2.05) is 30.3 Å². The summed E-state index contributed by atoms with van der Waals surface area (Å²) in [4.78, 5) is 23.7. The minimum Gasteiger partial charge on any atom is -0.488 e. The van der Waals surface area contributed by atoms with Gasteiger partial charge in [0.1, 0.15) is 18.2 Å². The first-order chi connectivity index (χ1) is 19.1. The molecule has 1 aliphatic heterocycles. The number of nitrogens with one attached hydrogen (secondary N) is 2. The number of hydrogen-bond acceptors (Lipinski definition) is 7. The molecule has 3 aromatic carbocycles. The average molecular weight is 528 g/mol. The fourth-order valence-corrected chi connectivity index (χ4v) is 4.22. The van der Waals surface area contributed by atoms with E-state index in [4.69, 9.17) is 9.47 Å². The Kier molecular flexibility index (Phi) is 8.72. The Balaban J connectivity index is 1.21. The smallest absolute Gasteiger partial charge is 0.251 e. The highest BCUT2D eigenvalue weighted by atomic mass is 19.1. The van der Waals surface area contributed by atoms with Crippen molar-refractivity contribution in [2.75, 3.05) is 44.7 Å². The maximum absolute atomic E-state index is 14.0. The lowest BCUT2D eigenvalue weighted by Gasteiger charge is -2.26. The highest BCUT2D eigenvalue weighted by Crippen LogP contribution is 2.31. The van der Waals surface area contributed by atoms with Crippen LogP contribution in [-0.4, -0.2) is 60.2 Å². The zero-order valence-electron chi connectivity index (χ0n) is 21.5. The number of halogens is 1. The van der Waals surface area contributed by atoms with Gasteiger partial charge in [0, 0.05) is 55.3 Å². The molecule has 5 rings (SSSR count). The van der Waals surface area contributed by atoms with Crippen molar-refractivity contribution in [3.05, 3.63) is 102 Å². The van der Waals surface area contributed by atoms with Crippen LogP contribution in [0, 0.1) is 5.82 Å². The van der Waals surface area contributed by atoms with Crippen molar-refractivity contribution >= 4 is 17.5 Å². The number of nitrogens with zero attached hydrogens (tertiary/aromatic N) is 3. The predicted molar refractivity (Wildman–Crippen MR) is 148 cm³/mol. The molecule has 0 radical (unpaired) electrons. The number of ether oxygens (including phenoxy) is 2. The van der Waals surface area contributed by atoms with E-state index >= 15 is 0 Å². The molecule has 0 saturated carbocycles. The number of carbonyl (C=O) groups is 1. The van der Waals surface area contributed by atoms with E-state index in [2.05, 4.69) is 25.5 Å². The molecule has 8 nitrogen and oxygen atoms in total. The molecular formula is C30H30FN5O3. The lowest BCUT2D eigenvalue weighted by Crippen LogP contribution is -2.41. The van der Waals surface area contributed by atoms with Crippen LogP contribution in [0.3, 0.4) is 0 Å². The van der Waals surface area contributed by atoms with Crippen LogP contribution >= 0.6 is 0 Å². The normalized spacial score (nSPS) is 13.6. The van der Waals surface area contributed by atoms with Gasteiger partial charge in [-0.05, 0) is 48.0 Å². The van der Waals surface area contributed by atoms with Crippen molar-refractivity contribution in [3.63, 3.8) is 0 Å². The van der Waals surface area contributed by atoms with Crippen LogP contribution in [0.1, 0.15) is 15.9 Å². The van der Waals surface area contributed by atoms with E-state index in [0.29, 0.717) is 41.7 Å². The monoisotopic (exact) mass is 527 g/mol. The minimum atomic E-state index is -0.389. The Hall–Kier alpha value is -4.34. The highest BCUT2D eigenvalue weighted by molar-refractivity contribution is 5.94. The van der Waals surface area contributed by atoms with Gasteiger partial charge in [-0.25, -0.2) is 14.4 Å². The average Bonchev–Trinajstić information content (AvgIpc) is 2.98. The first-order valence-electron chi connectivity index (χ1n) is 12.9. The zero-order chi connectivity index (χ0) is 26.9. The number of hydrogen-bond donors (Lipinski definition) is 2. The van der Waals surface area contributed by atoms with E-state index in [0.717, 1.165) is 44.1 Å². The van der Waals surface area contributed by atoms with Gasteiger partial charge < -0.3 is 20.1 Å². The number of benzene rings is 3. The summed E-state index contributed by atoms with van der Waals surface area (Å²) < 4.78 is 25.3. The fourth-order valence-electron chi connectivity index (χ4n) is 4.22. The van der Waals surface area contributed by atoms with E-state index in [1.54, 1.807) is 42.6 Å². The molecule has 39 heavy (non-hydrogen) atoms. The lowest BCUT2D eigenvalue weighted by molar-refractivity contribution is 0.0383. The van der Waals surface area contributed by atoms with E-state index in [9.17, 15) is 9.18 Å². The summed E-state index contributed by atoms with van der Waals surface area (Å²) in [7, 11) is 0. The molecule has 0 bridgehead atoms. The third kappa shape index (κ3) is 7.37. The molecule has 200 valence electrons. The van der Waals surface area contributed by atoms with Crippen molar-refractivity contribution < 1.29 is 18.7 Å². The largest absolute Gasteiger partial charge is 0.488 e. The van der Waals surface area contributed by atoms with Crippen molar-refractivity contribution in [3.8, 4) is 17.0 Å².